The van der Waals surface area contributed by atoms with E-state index in [9.17, 15) is 4.79 Å². The van der Waals surface area contributed by atoms with E-state index in [1.165, 1.54) is 5.56 Å². The smallest absolute Gasteiger partial charge is 0.224 e. The maximum absolute atomic E-state index is 12.5. The Labute approximate surface area is 162 Å². The molecule has 0 aliphatic rings. The van der Waals surface area contributed by atoms with Gasteiger partial charge in [0.15, 0.2) is 10.6 Å². The van der Waals surface area contributed by atoms with Crippen molar-refractivity contribution >= 4 is 29.5 Å². The molecule has 0 bridgehead atoms. The average molecular weight is 387 g/mol. The molecule has 0 aliphatic heterocycles. The molecule has 0 fully saturated rings. The highest BCUT2D eigenvalue weighted by molar-refractivity contribution is 7.71. The largest absolute Gasteiger partial charge is 0.341 e. The number of hydrogen-bond acceptors (Lipinski definition) is 4. The number of aryl methyl sites for hydroxylation is 1. The summed E-state index contributed by atoms with van der Waals surface area (Å²) in [5, 5.41) is 9.12. The van der Waals surface area contributed by atoms with Crippen LogP contribution in [0.15, 0.2) is 41.8 Å². The highest BCUT2D eigenvalue weighted by Gasteiger charge is 2.14. The van der Waals surface area contributed by atoms with Crippen LogP contribution in [0.1, 0.15) is 24.5 Å². The zero-order valence-corrected chi connectivity index (χ0v) is 16.6. The number of aromatic nitrogens is 3. The second kappa shape index (κ2) is 8.42. The molecule has 0 aliphatic carbocycles. The molecule has 0 atom stereocenters. The lowest BCUT2D eigenvalue weighted by atomic mass is 10.1. The Kier molecular flexibility index (Phi) is 6.00. The number of amides is 1. The number of carbonyl (C=O) groups is 1. The summed E-state index contributed by atoms with van der Waals surface area (Å²) in [7, 11) is 1.84. The van der Waals surface area contributed by atoms with Crippen LogP contribution in [0.25, 0.3) is 10.7 Å². The number of hydrogen-bond donors (Lipinski definition) is 1. The Morgan fingerprint density at radius 1 is 1.27 bits per heavy atom. The molecule has 1 N–H and O–H groups in total. The normalized spacial score (nSPS) is 10.8. The van der Waals surface area contributed by atoms with Gasteiger partial charge in [-0.3, -0.25) is 14.5 Å². The molecule has 0 radical (unpaired) electrons. The van der Waals surface area contributed by atoms with Gasteiger partial charge in [-0.05, 0) is 41.2 Å². The number of nitrogens with zero attached hydrogens (tertiary/aromatic N) is 3. The predicted octanol–water partition coefficient (Wildman–Crippen LogP) is 4.28. The third-order valence-corrected chi connectivity index (χ3v) is 5.50. The fourth-order valence-electron chi connectivity index (χ4n) is 2.76. The van der Waals surface area contributed by atoms with E-state index in [2.05, 4.69) is 41.4 Å². The summed E-state index contributed by atoms with van der Waals surface area (Å²) in [6.45, 7) is 3.26. The number of benzene rings is 1. The molecule has 0 unspecified atom stereocenters. The van der Waals surface area contributed by atoms with Crippen LogP contribution in [0.4, 0.5) is 0 Å². The first-order chi connectivity index (χ1) is 12.6. The fourth-order valence-corrected chi connectivity index (χ4v) is 3.71. The highest BCUT2D eigenvalue weighted by atomic mass is 32.1. The van der Waals surface area contributed by atoms with Gasteiger partial charge in [-0.15, -0.1) is 11.3 Å². The van der Waals surface area contributed by atoms with Gasteiger partial charge in [0, 0.05) is 26.6 Å². The van der Waals surface area contributed by atoms with Gasteiger partial charge < -0.3 is 4.90 Å². The molecule has 2 heterocycles. The van der Waals surface area contributed by atoms with Crippen molar-refractivity contribution in [2.24, 2.45) is 0 Å². The van der Waals surface area contributed by atoms with Crippen LogP contribution in [0.5, 0.6) is 0 Å². The zero-order chi connectivity index (χ0) is 18.5. The molecule has 2 aromatic heterocycles. The van der Waals surface area contributed by atoms with E-state index in [0.29, 0.717) is 24.3 Å². The van der Waals surface area contributed by atoms with Crippen molar-refractivity contribution in [2.45, 2.75) is 32.9 Å². The first-order valence-electron chi connectivity index (χ1n) is 8.59. The standard InChI is InChI=1S/C19H22N4OS2/c1-3-14-6-8-15(9-7-14)13-22(2)17(24)10-11-23-18(20-21-19(23)25)16-5-4-12-26-16/h4-9,12H,3,10-11,13H2,1-2H3,(H,21,25). The predicted molar refractivity (Wildman–Crippen MR) is 108 cm³/mol. The Balaban J connectivity index is 1.62. The summed E-state index contributed by atoms with van der Waals surface area (Å²) < 4.78 is 2.43. The molecular formula is C19H22N4OS2. The third-order valence-electron chi connectivity index (χ3n) is 4.33. The quantitative estimate of drug-likeness (QED) is 0.617. The first kappa shape index (κ1) is 18.5. The van der Waals surface area contributed by atoms with Crippen molar-refractivity contribution in [1.29, 1.82) is 0 Å². The maximum Gasteiger partial charge on any atom is 0.224 e. The van der Waals surface area contributed by atoms with Crippen LogP contribution < -0.4 is 0 Å². The summed E-state index contributed by atoms with van der Waals surface area (Å²) >= 11 is 6.92. The molecule has 7 heteroatoms. The topological polar surface area (TPSA) is 53.9 Å². The monoisotopic (exact) mass is 386 g/mol. The van der Waals surface area contributed by atoms with Gasteiger partial charge in [0.05, 0.1) is 4.88 Å². The van der Waals surface area contributed by atoms with Crippen molar-refractivity contribution in [3.63, 3.8) is 0 Å². The van der Waals surface area contributed by atoms with E-state index < -0.39 is 0 Å². The fraction of sp³-hybridized carbons (Fsp3) is 0.316. The molecule has 5 nitrogen and oxygen atoms in total. The lowest BCUT2D eigenvalue weighted by molar-refractivity contribution is -0.130. The minimum Gasteiger partial charge on any atom is -0.341 e. The Morgan fingerprint density at radius 3 is 2.65 bits per heavy atom. The number of aromatic amines is 1. The van der Waals surface area contributed by atoms with Crippen molar-refractivity contribution in [3.05, 3.63) is 57.7 Å². The van der Waals surface area contributed by atoms with Crippen LogP contribution >= 0.6 is 23.6 Å². The summed E-state index contributed by atoms with van der Waals surface area (Å²) in [5.41, 5.74) is 2.44. The van der Waals surface area contributed by atoms with Gasteiger partial charge in [0.2, 0.25) is 5.91 Å². The van der Waals surface area contributed by atoms with Crippen molar-refractivity contribution in [2.75, 3.05) is 7.05 Å². The van der Waals surface area contributed by atoms with Crippen LogP contribution in [0, 0.1) is 4.77 Å². The van der Waals surface area contributed by atoms with Gasteiger partial charge in [-0.2, -0.15) is 5.10 Å². The number of carbonyl (C=O) groups excluding carboxylic acids is 1. The lowest BCUT2D eigenvalue weighted by Crippen LogP contribution is -2.27. The Morgan fingerprint density at radius 2 is 2.00 bits per heavy atom. The van der Waals surface area contributed by atoms with E-state index >= 15 is 0 Å². The molecule has 3 aromatic rings. The number of thiophene rings is 1. The minimum absolute atomic E-state index is 0.0878. The molecule has 3 rings (SSSR count). The van der Waals surface area contributed by atoms with E-state index in [4.69, 9.17) is 12.2 Å². The second-order valence-corrected chi connectivity index (χ2v) is 7.49. The van der Waals surface area contributed by atoms with Crippen LogP contribution in [-0.2, 0) is 24.3 Å². The molecular weight excluding hydrogens is 364 g/mol. The molecule has 1 amide bonds. The number of nitrogens with one attached hydrogen (secondary N) is 1. The van der Waals surface area contributed by atoms with Gasteiger partial charge in [-0.25, -0.2) is 0 Å². The molecule has 0 saturated carbocycles. The molecule has 26 heavy (non-hydrogen) atoms. The van der Waals surface area contributed by atoms with Gasteiger partial charge in [0.25, 0.3) is 0 Å². The van der Waals surface area contributed by atoms with E-state index in [0.717, 1.165) is 22.7 Å². The van der Waals surface area contributed by atoms with Crippen molar-refractivity contribution in [3.8, 4) is 10.7 Å². The summed E-state index contributed by atoms with van der Waals surface area (Å²) in [4.78, 5) is 15.3. The Bertz CT molecular complexity index is 910. The van der Waals surface area contributed by atoms with Crippen LogP contribution in [-0.4, -0.2) is 32.6 Å². The number of rotatable bonds is 7. The van der Waals surface area contributed by atoms with Crippen LogP contribution in [0.3, 0.4) is 0 Å². The van der Waals surface area contributed by atoms with Gasteiger partial charge >= 0.3 is 0 Å². The second-order valence-electron chi connectivity index (χ2n) is 6.15. The average Bonchev–Trinajstić information content (AvgIpc) is 3.30. The Hall–Kier alpha value is -2.25. The summed E-state index contributed by atoms with van der Waals surface area (Å²) in [6.07, 6.45) is 1.41. The number of H-pyrrole nitrogens is 1. The van der Waals surface area contributed by atoms with Crippen molar-refractivity contribution < 1.29 is 4.79 Å². The lowest BCUT2D eigenvalue weighted by Gasteiger charge is -2.18. The van der Waals surface area contributed by atoms with Gasteiger partial charge in [-0.1, -0.05) is 37.3 Å². The highest BCUT2D eigenvalue weighted by Crippen LogP contribution is 2.23. The summed E-state index contributed by atoms with van der Waals surface area (Å²) in [5.74, 6) is 0.875. The van der Waals surface area contributed by atoms with Crippen molar-refractivity contribution in [1.82, 2.24) is 19.7 Å². The third kappa shape index (κ3) is 4.28. The molecule has 0 saturated heterocycles. The van der Waals surface area contributed by atoms with Gasteiger partial charge in [0.1, 0.15) is 0 Å². The minimum atomic E-state index is 0.0878. The van der Waals surface area contributed by atoms with E-state index in [-0.39, 0.29) is 5.91 Å². The maximum atomic E-state index is 12.5. The first-order valence-corrected chi connectivity index (χ1v) is 9.88. The van der Waals surface area contributed by atoms with E-state index in [1.54, 1.807) is 16.2 Å². The van der Waals surface area contributed by atoms with Crippen LogP contribution in [0.2, 0.25) is 0 Å². The zero-order valence-electron chi connectivity index (χ0n) is 14.9. The van der Waals surface area contributed by atoms with E-state index in [1.807, 2.05) is 29.1 Å². The SMILES string of the molecule is CCc1ccc(CN(C)C(=O)CCn2c(-c3cccs3)n[nH]c2=S)cc1. The molecule has 136 valence electrons. The summed E-state index contributed by atoms with van der Waals surface area (Å²) in [6, 6.07) is 12.4. The molecule has 1 aromatic carbocycles. The molecule has 0 spiro atoms.